The maximum atomic E-state index is 13.0. The van der Waals surface area contributed by atoms with Gasteiger partial charge in [0.15, 0.2) is 9.84 Å². The number of carbonyl (C=O) groups is 1. The van der Waals surface area contributed by atoms with Gasteiger partial charge in [0.2, 0.25) is 5.88 Å². The average molecular weight is 519 g/mol. The Labute approximate surface area is 204 Å². The number of halogens is 3. The zero-order valence-electron chi connectivity index (χ0n) is 19.4. The maximum absolute atomic E-state index is 13.0. The fraction of sp³-hybridized carbons (Fsp3) is 0.208. The molecule has 0 saturated heterocycles. The van der Waals surface area contributed by atoms with E-state index in [1.165, 1.54) is 29.0 Å². The van der Waals surface area contributed by atoms with Crippen LogP contribution in [0, 0.1) is 13.8 Å². The van der Waals surface area contributed by atoms with Crippen LogP contribution < -0.4 is 10.1 Å². The molecular formula is C24H21F3N4O4S. The number of nitrogens with one attached hydrogen (secondary N) is 1. The Hall–Kier alpha value is -3.93. The summed E-state index contributed by atoms with van der Waals surface area (Å²) >= 11 is 0. The molecule has 1 N–H and O–H groups in total. The zero-order valence-corrected chi connectivity index (χ0v) is 20.2. The number of hydrogen-bond donors (Lipinski definition) is 1. The second-order valence-electron chi connectivity index (χ2n) is 8.23. The summed E-state index contributed by atoms with van der Waals surface area (Å²) < 4.78 is 69.3. The highest BCUT2D eigenvalue weighted by molar-refractivity contribution is 7.89. The van der Waals surface area contributed by atoms with Crippen molar-refractivity contribution in [2.75, 3.05) is 11.6 Å². The molecule has 0 atom stereocenters. The lowest BCUT2D eigenvalue weighted by Gasteiger charge is -2.13. The molecule has 0 unspecified atom stereocenters. The van der Waals surface area contributed by atoms with E-state index in [1.807, 2.05) is 0 Å². The fourth-order valence-corrected chi connectivity index (χ4v) is 4.33. The number of nitrogens with zero attached hydrogens (tertiary/aromatic N) is 3. The van der Waals surface area contributed by atoms with E-state index >= 15 is 0 Å². The van der Waals surface area contributed by atoms with Crippen LogP contribution in [0.3, 0.4) is 0 Å². The quantitative estimate of drug-likeness (QED) is 0.375. The van der Waals surface area contributed by atoms with Crippen LogP contribution in [0.4, 0.5) is 23.7 Å². The van der Waals surface area contributed by atoms with Gasteiger partial charge in [-0.1, -0.05) is 6.07 Å². The highest BCUT2D eigenvalue weighted by atomic mass is 32.2. The number of anilines is 1. The van der Waals surface area contributed by atoms with Gasteiger partial charge in [-0.15, -0.1) is 0 Å². The van der Waals surface area contributed by atoms with Gasteiger partial charge in [-0.3, -0.25) is 4.57 Å². The van der Waals surface area contributed by atoms with Crippen molar-refractivity contribution < 1.29 is 31.1 Å². The predicted octanol–water partition coefficient (Wildman–Crippen LogP) is 5.48. The number of carbonyl (C=O) groups excluding carboxylic acids is 1. The van der Waals surface area contributed by atoms with E-state index in [0.29, 0.717) is 27.9 Å². The van der Waals surface area contributed by atoms with Crippen LogP contribution in [0.1, 0.15) is 22.6 Å². The third-order valence-electron chi connectivity index (χ3n) is 5.32. The lowest BCUT2D eigenvalue weighted by atomic mass is 10.1. The summed E-state index contributed by atoms with van der Waals surface area (Å²) in [7, 11) is -3.32. The molecule has 0 aliphatic heterocycles. The van der Waals surface area contributed by atoms with Crippen LogP contribution in [-0.4, -0.2) is 35.2 Å². The molecule has 4 aromatic rings. The Morgan fingerprint density at radius 3 is 2.56 bits per heavy atom. The molecule has 188 valence electrons. The second kappa shape index (κ2) is 9.26. The van der Waals surface area contributed by atoms with Crippen molar-refractivity contribution in [2.24, 2.45) is 0 Å². The highest BCUT2D eigenvalue weighted by Crippen LogP contribution is 2.33. The highest BCUT2D eigenvalue weighted by Gasteiger charge is 2.30. The minimum absolute atomic E-state index is 0.0152. The molecule has 4 rings (SSSR count). The number of sulfone groups is 1. The molecule has 0 spiro atoms. The summed E-state index contributed by atoms with van der Waals surface area (Å²) in [5.74, 6) is 0.360. The standard InChI is InChI=1S/C24H21F3N4O4S/c1-14-11-18-15(2)20(35-22-9-10-28-21(30-22)13-36(3,33)34)8-7-19(18)31(14)23(32)29-17-6-4-5-16(12-17)24(25,26)27/h4-12H,13H2,1-3H3,(H,29,32). The molecule has 12 heteroatoms. The summed E-state index contributed by atoms with van der Waals surface area (Å²) in [5, 5.41) is 3.20. The average Bonchev–Trinajstić information content (AvgIpc) is 3.11. The van der Waals surface area contributed by atoms with Crippen molar-refractivity contribution in [1.82, 2.24) is 14.5 Å². The molecule has 0 saturated carbocycles. The molecule has 0 aliphatic carbocycles. The first-order chi connectivity index (χ1) is 16.8. The minimum Gasteiger partial charge on any atom is -0.439 e. The van der Waals surface area contributed by atoms with Crippen LogP contribution in [0.5, 0.6) is 11.6 Å². The first kappa shape index (κ1) is 25.2. The summed E-state index contributed by atoms with van der Waals surface area (Å²) in [5.41, 5.74) is 0.928. The van der Waals surface area contributed by atoms with Gasteiger partial charge in [-0.2, -0.15) is 18.2 Å². The Kier molecular flexibility index (Phi) is 6.48. The number of alkyl halides is 3. The van der Waals surface area contributed by atoms with Crippen molar-refractivity contribution in [3.63, 3.8) is 0 Å². The molecule has 0 fully saturated rings. The smallest absolute Gasteiger partial charge is 0.416 e. The minimum atomic E-state index is -4.53. The van der Waals surface area contributed by atoms with Crippen LogP contribution in [0.2, 0.25) is 0 Å². The van der Waals surface area contributed by atoms with E-state index in [0.717, 1.165) is 18.4 Å². The Morgan fingerprint density at radius 2 is 1.86 bits per heavy atom. The largest absolute Gasteiger partial charge is 0.439 e. The molecule has 2 heterocycles. The van der Waals surface area contributed by atoms with Crippen molar-refractivity contribution >= 4 is 32.5 Å². The topological polar surface area (TPSA) is 103 Å². The Bertz CT molecular complexity index is 1580. The molecule has 8 nitrogen and oxygen atoms in total. The number of amides is 1. The third kappa shape index (κ3) is 5.48. The number of aryl methyl sites for hydroxylation is 2. The second-order valence-corrected chi connectivity index (χ2v) is 10.4. The van der Waals surface area contributed by atoms with Gasteiger partial charge in [0.05, 0.1) is 11.1 Å². The van der Waals surface area contributed by atoms with Crippen molar-refractivity contribution in [3.8, 4) is 11.6 Å². The van der Waals surface area contributed by atoms with Gasteiger partial charge < -0.3 is 10.1 Å². The molecule has 36 heavy (non-hydrogen) atoms. The van der Waals surface area contributed by atoms with Crippen molar-refractivity contribution in [2.45, 2.75) is 25.8 Å². The van der Waals surface area contributed by atoms with Crippen molar-refractivity contribution in [3.05, 3.63) is 77.4 Å². The van der Waals surface area contributed by atoms with Crippen LogP contribution in [-0.2, 0) is 21.8 Å². The SMILES string of the molecule is Cc1c(Oc2ccnc(CS(C)(=O)=O)n2)ccc2c1cc(C)n2C(=O)Nc1cccc(C(F)(F)F)c1. The fourth-order valence-electron chi connectivity index (χ4n) is 3.72. The molecular weight excluding hydrogens is 497 g/mol. The molecule has 2 aromatic heterocycles. The molecule has 0 bridgehead atoms. The lowest BCUT2D eigenvalue weighted by Crippen LogP contribution is -2.20. The summed E-state index contributed by atoms with van der Waals surface area (Å²) in [6.07, 6.45) is -2.05. The van der Waals surface area contributed by atoms with Gasteiger partial charge in [-0.25, -0.2) is 18.2 Å². The first-order valence-electron chi connectivity index (χ1n) is 10.6. The van der Waals surface area contributed by atoms with Crippen LogP contribution >= 0.6 is 0 Å². The molecule has 0 aliphatic rings. The molecule has 0 radical (unpaired) electrons. The van der Waals surface area contributed by atoms with Crippen molar-refractivity contribution in [1.29, 1.82) is 0 Å². The van der Waals surface area contributed by atoms with E-state index in [4.69, 9.17) is 4.74 Å². The number of ether oxygens (including phenoxy) is 1. The van der Waals surface area contributed by atoms with Crippen LogP contribution in [0.25, 0.3) is 10.9 Å². The monoisotopic (exact) mass is 518 g/mol. The van der Waals surface area contributed by atoms with E-state index < -0.39 is 27.6 Å². The maximum Gasteiger partial charge on any atom is 0.416 e. The van der Waals surface area contributed by atoms with Gasteiger partial charge >= 0.3 is 12.2 Å². The number of benzene rings is 2. The number of aromatic nitrogens is 3. The van der Waals surface area contributed by atoms with Gasteiger partial charge in [-0.05, 0) is 50.2 Å². The predicted molar refractivity (Wildman–Crippen MR) is 128 cm³/mol. The van der Waals surface area contributed by atoms with Crippen LogP contribution in [0.15, 0.2) is 54.7 Å². The van der Waals surface area contributed by atoms with E-state index in [-0.39, 0.29) is 23.1 Å². The third-order valence-corrected chi connectivity index (χ3v) is 6.10. The zero-order chi connectivity index (χ0) is 26.3. The summed E-state index contributed by atoms with van der Waals surface area (Å²) in [6.45, 7) is 3.48. The van der Waals surface area contributed by atoms with Gasteiger partial charge in [0, 0.05) is 40.8 Å². The Balaban J connectivity index is 1.62. The van der Waals surface area contributed by atoms with E-state index in [1.54, 1.807) is 32.0 Å². The van der Waals surface area contributed by atoms with Gasteiger partial charge in [0.25, 0.3) is 0 Å². The molecule has 2 aromatic carbocycles. The number of fused-ring (bicyclic) bond motifs is 1. The Morgan fingerprint density at radius 1 is 1.11 bits per heavy atom. The lowest BCUT2D eigenvalue weighted by molar-refractivity contribution is -0.137. The summed E-state index contributed by atoms with van der Waals surface area (Å²) in [6, 6.07) is 10.3. The summed E-state index contributed by atoms with van der Waals surface area (Å²) in [4.78, 5) is 21.1. The van der Waals surface area contributed by atoms with E-state index in [2.05, 4.69) is 15.3 Å². The number of hydrogen-bond acceptors (Lipinski definition) is 6. The number of rotatable bonds is 5. The molecule has 1 amide bonds. The normalized spacial score (nSPS) is 12.1. The van der Waals surface area contributed by atoms with Gasteiger partial charge in [0.1, 0.15) is 17.3 Å². The first-order valence-corrected chi connectivity index (χ1v) is 12.7. The van der Waals surface area contributed by atoms with E-state index in [9.17, 15) is 26.4 Å².